The average Bonchev–Trinajstić information content (AvgIpc) is 3.29. The van der Waals surface area contributed by atoms with E-state index in [1.807, 2.05) is 59.4 Å². The predicted octanol–water partition coefficient (Wildman–Crippen LogP) is 4.44. The van der Waals surface area contributed by atoms with Crippen molar-refractivity contribution in [3.8, 4) is 28.4 Å². The molecule has 0 spiro atoms. The lowest BCUT2D eigenvalue weighted by Crippen LogP contribution is -2.40. The topological polar surface area (TPSA) is 72.7 Å². The van der Waals surface area contributed by atoms with Crippen LogP contribution in [0.1, 0.15) is 37.7 Å². The van der Waals surface area contributed by atoms with Crippen molar-refractivity contribution in [1.82, 2.24) is 20.5 Å². The standard InChI is InChI=1S/C25H27N5O2S/c33-25(27-20-7-3-1-4-8-20)28-26-16-19-17-30(21-9-5-2-6-10-21)29-24(19)18-11-12-22-23(15-18)32-14-13-31-22/h2,5-6,9-12,15-17,20H,1,3-4,7-8,13-14H2,(H2,27,28,33). The third kappa shape index (κ3) is 5.17. The van der Waals surface area contributed by atoms with E-state index < -0.39 is 0 Å². The van der Waals surface area contributed by atoms with E-state index in [0.717, 1.165) is 46.8 Å². The third-order valence-electron chi connectivity index (χ3n) is 5.89. The van der Waals surface area contributed by atoms with E-state index in [0.29, 0.717) is 24.4 Å². The summed E-state index contributed by atoms with van der Waals surface area (Å²) in [5.41, 5.74) is 6.53. The summed E-state index contributed by atoms with van der Waals surface area (Å²) in [5, 5.41) is 13.2. The fourth-order valence-electron chi connectivity index (χ4n) is 4.23. The van der Waals surface area contributed by atoms with Gasteiger partial charge in [-0.1, -0.05) is 37.5 Å². The fourth-order valence-corrected chi connectivity index (χ4v) is 4.45. The number of nitrogens with zero attached hydrogens (tertiary/aromatic N) is 3. The van der Waals surface area contributed by atoms with Crippen LogP contribution >= 0.6 is 12.2 Å². The molecule has 2 heterocycles. The number of para-hydroxylation sites is 1. The van der Waals surface area contributed by atoms with Crippen LogP contribution in [-0.4, -0.2) is 40.4 Å². The third-order valence-corrected chi connectivity index (χ3v) is 6.10. The first-order valence-electron chi connectivity index (χ1n) is 11.4. The molecule has 33 heavy (non-hydrogen) atoms. The summed E-state index contributed by atoms with van der Waals surface area (Å²) in [6.45, 7) is 1.10. The second kappa shape index (κ2) is 10.0. The summed E-state index contributed by atoms with van der Waals surface area (Å²) in [6.07, 6.45) is 9.85. The quantitative estimate of drug-likeness (QED) is 0.333. The van der Waals surface area contributed by atoms with E-state index in [-0.39, 0.29) is 0 Å². The second-order valence-corrected chi connectivity index (χ2v) is 8.66. The first kappa shape index (κ1) is 21.5. The Hall–Kier alpha value is -3.39. The van der Waals surface area contributed by atoms with Gasteiger partial charge in [-0.3, -0.25) is 5.43 Å². The number of hydrogen-bond acceptors (Lipinski definition) is 5. The van der Waals surface area contributed by atoms with Gasteiger partial charge in [0.1, 0.15) is 18.9 Å². The highest BCUT2D eigenvalue weighted by Crippen LogP contribution is 2.35. The van der Waals surface area contributed by atoms with Crippen molar-refractivity contribution in [1.29, 1.82) is 0 Å². The lowest BCUT2D eigenvalue weighted by atomic mass is 9.96. The van der Waals surface area contributed by atoms with Crippen molar-refractivity contribution >= 4 is 23.5 Å². The number of benzene rings is 2. The van der Waals surface area contributed by atoms with E-state index in [1.165, 1.54) is 19.3 Å². The van der Waals surface area contributed by atoms with Crippen molar-refractivity contribution in [3.05, 3.63) is 60.3 Å². The molecule has 2 N–H and O–H groups in total. The van der Waals surface area contributed by atoms with E-state index in [1.54, 1.807) is 6.21 Å². The minimum absolute atomic E-state index is 0.433. The maximum Gasteiger partial charge on any atom is 0.187 e. The van der Waals surface area contributed by atoms with Gasteiger partial charge in [0.15, 0.2) is 16.6 Å². The Morgan fingerprint density at radius 3 is 2.64 bits per heavy atom. The minimum Gasteiger partial charge on any atom is -0.486 e. The zero-order valence-electron chi connectivity index (χ0n) is 18.4. The largest absolute Gasteiger partial charge is 0.486 e. The molecule has 1 fully saturated rings. The van der Waals surface area contributed by atoms with Gasteiger partial charge in [0.05, 0.1) is 11.9 Å². The molecule has 0 saturated heterocycles. The SMILES string of the molecule is S=C(NN=Cc1cn(-c2ccccc2)nc1-c1ccc2c(c1)OCCO2)NC1CCCCC1. The van der Waals surface area contributed by atoms with Crippen LogP contribution in [-0.2, 0) is 0 Å². The number of rotatable bonds is 5. The van der Waals surface area contributed by atoms with Crippen molar-refractivity contribution in [2.75, 3.05) is 13.2 Å². The second-order valence-electron chi connectivity index (χ2n) is 8.25. The van der Waals surface area contributed by atoms with Gasteiger partial charge in [-0.05, 0) is 55.4 Å². The molecule has 3 aromatic rings. The van der Waals surface area contributed by atoms with Crippen LogP contribution in [0.4, 0.5) is 0 Å². The fraction of sp³-hybridized carbons (Fsp3) is 0.320. The van der Waals surface area contributed by atoms with Crippen LogP contribution in [0.3, 0.4) is 0 Å². The molecule has 2 aliphatic rings. The minimum atomic E-state index is 0.433. The summed E-state index contributed by atoms with van der Waals surface area (Å²) in [4.78, 5) is 0. The number of thiocarbonyl (C=S) groups is 1. The van der Waals surface area contributed by atoms with E-state index in [4.69, 9.17) is 26.8 Å². The van der Waals surface area contributed by atoms with Crippen LogP contribution in [0.25, 0.3) is 16.9 Å². The van der Waals surface area contributed by atoms with Crippen molar-refractivity contribution < 1.29 is 9.47 Å². The lowest BCUT2D eigenvalue weighted by Gasteiger charge is -2.23. The van der Waals surface area contributed by atoms with Crippen molar-refractivity contribution in [3.63, 3.8) is 0 Å². The molecule has 5 rings (SSSR count). The molecule has 7 nitrogen and oxygen atoms in total. The van der Waals surface area contributed by atoms with Gasteiger partial charge >= 0.3 is 0 Å². The van der Waals surface area contributed by atoms with Gasteiger partial charge in [-0.2, -0.15) is 10.2 Å². The Bertz CT molecular complexity index is 1140. The summed E-state index contributed by atoms with van der Waals surface area (Å²) in [6, 6.07) is 16.3. The molecule has 1 saturated carbocycles. The van der Waals surface area contributed by atoms with Gasteiger partial charge in [0.2, 0.25) is 0 Å². The zero-order valence-corrected chi connectivity index (χ0v) is 19.2. The molecule has 0 bridgehead atoms. The smallest absolute Gasteiger partial charge is 0.187 e. The normalized spacial score (nSPS) is 16.0. The highest BCUT2D eigenvalue weighted by molar-refractivity contribution is 7.80. The van der Waals surface area contributed by atoms with Gasteiger partial charge in [-0.15, -0.1) is 0 Å². The van der Waals surface area contributed by atoms with E-state index >= 15 is 0 Å². The molecular formula is C25H27N5O2S. The molecule has 0 radical (unpaired) electrons. The first-order valence-corrected chi connectivity index (χ1v) is 11.8. The summed E-state index contributed by atoms with van der Waals surface area (Å²) in [7, 11) is 0. The number of ether oxygens (including phenoxy) is 2. The Balaban J connectivity index is 1.39. The number of aromatic nitrogens is 2. The molecule has 0 unspecified atom stereocenters. The molecule has 8 heteroatoms. The molecular weight excluding hydrogens is 434 g/mol. The maximum absolute atomic E-state index is 5.77. The predicted molar refractivity (Wildman–Crippen MR) is 133 cm³/mol. The Labute approximate surface area is 198 Å². The van der Waals surface area contributed by atoms with Gasteiger partial charge in [-0.25, -0.2) is 4.68 Å². The van der Waals surface area contributed by atoms with Crippen LogP contribution in [0.2, 0.25) is 0 Å². The molecule has 170 valence electrons. The van der Waals surface area contributed by atoms with Crippen LogP contribution in [0, 0.1) is 0 Å². The molecule has 0 atom stereocenters. The molecule has 1 aromatic heterocycles. The maximum atomic E-state index is 5.77. The molecule has 1 aliphatic heterocycles. The Morgan fingerprint density at radius 2 is 1.82 bits per heavy atom. The zero-order chi connectivity index (χ0) is 22.5. The first-order chi connectivity index (χ1) is 16.3. The molecule has 0 amide bonds. The molecule has 2 aromatic carbocycles. The average molecular weight is 462 g/mol. The van der Waals surface area contributed by atoms with Gasteiger partial charge < -0.3 is 14.8 Å². The van der Waals surface area contributed by atoms with Gasteiger partial charge in [0.25, 0.3) is 0 Å². The number of nitrogens with one attached hydrogen (secondary N) is 2. The van der Waals surface area contributed by atoms with E-state index in [9.17, 15) is 0 Å². The Kier molecular flexibility index (Phi) is 6.53. The van der Waals surface area contributed by atoms with Crippen molar-refractivity contribution in [2.24, 2.45) is 5.10 Å². The number of hydrazone groups is 1. The lowest BCUT2D eigenvalue weighted by molar-refractivity contribution is 0.171. The number of hydrogen-bond donors (Lipinski definition) is 2. The summed E-state index contributed by atoms with van der Waals surface area (Å²) in [5.74, 6) is 1.48. The highest BCUT2D eigenvalue weighted by Gasteiger charge is 2.17. The Morgan fingerprint density at radius 1 is 1.03 bits per heavy atom. The van der Waals surface area contributed by atoms with E-state index in [2.05, 4.69) is 15.8 Å². The van der Waals surface area contributed by atoms with Gasteiger partial charge in [0, 0.05) is 23.4 Å². The van der Waals surface area contributed by atoms with Crippen LogP contribution in [0.5, 0.6) is 11.5 Å². The highest BCUT2D eigenvalue weighted by atomic mass is 32.1. The summed E-state index contributed by atoms with van der Waals surface area (Å²) < 4.78 is 13.3. The number of fused-ring (bicyclic) bond motifs is 1. The monoisotopic (exact) mass is 461 g/mol. The molecule has 1 aliphatic carbocycles. The summed E-state index contributed by atoms with van der Waals surface area (Å²) >= 11 is 5.44. The van der Waals surface area contributed by atoms with Crippen LogP contribution < -0.4 is 20.2 Å². The van der Waals surface area contributed by atoms with Crippen molar-refractivity contribution in [2.45, 2.75) is 38.1 Å². The van der Waals surface area contributed by atoms with Crippen LogP contribution in [0.15, 0.2) is 59.8 Å².